The van der Waals surface area contributed by atoms with Crippen LogP contribution in [0.4, 0.5) is 8.78 Å². The fraction of sp³-hybridized carbons (Fsp3) is 1.00. The first-order valence-corrected chi connectivity index (χ1v) is 3.37. The van der Waals surface area contributed by atoms with Gasteiger partial charge in [-0.3, -0.25) is 0 Å². The molecular weight excluding hydrogens is 140 g/mol. The molecule has 0 aliphatic carbocycles. The van der Waals surface area contributed by atoms with Crippen LogP contribution >= 0.6 is 0 Å². The molecule has 1 heterocycles. The predicted octanol–water partition coefficient (Wildman–Crippen LogP) is 0.366. The number of hydrogen-bond acceptors (Lipinski definition) is 2. The smallest absolute Gasteiger partial charge is 0.260 e. The van der Waals surface area contributed by atoms with Gasteiger partial charge in [-0.25, -0.2) is 8.78 Å². The maximum Gasteiger partial charge on any atom is 0.260 e. The van der Waals surface area contributed by atoms with Crippen molar-refractivity contribution in [3.05, 3.63) is 0 Å². The van der Waals surface area contributed by atoms with Gasteiger partial charge in [-0.2, -0.15) is 0 Å². The highest BCUT2D eigenvalue weighted by molar-refractivity contribution is 4.77. The second-order valence-electron chi connectivity index (χ2n) is 2.68. The minimum absolute atomic E-state index is 0.194. The van der Waals surface area contributed by atoms with E-state index >= 15 is 0 Å². The molecule has 1 aliphatic rings. The first-order valence-electron chi connectivity index (χ1n) is 3.37. The van der Waals surface area contributed by atoms with E-state index in [1.165, 1.54) is 0 Å². The van der Waals surface area contributed by atoms with Crippen LogP contribution in [0.3, 0.4) is 0 Å². The van der Waals surface area contributed by atoms with E-state index in [0.717, 1.165) is 0 Å². The van der Waals surface area contributed by atoms with Gasteiger partial charge in [-0.15, -0.1) is 0 Å². The van der Waals surface area contributed by atoms with Gasteiger partial charge in [0.25, 0.3) is 5.92 Å². The van der Waals surface area contributed by atoms with Gasteiger partial charge in [-0.05, 0) is 6.42 Å². The topological polar surface area (TPSA) is 32.3 Å². The predicted molar refractivity (Wildman–Crippen MR) is 33.1 cm³/mol. The lowest BCUT2D eigenvalue weighted by molar-refractivity contribution is -0.00495. The fourth-order valence-corrected chi connectivity index (χ4v) is 0.990. The Balaban J connectivity index is 2.41. The molecular formula is C6H11F2NO. The summed E-state index contributed by atoms with van der Waals surface area (Å²) < 4.78 is 24.9. The summed E-state index contributed by atoms with van der Waals surface area (Å²) in [6.07, 6.45) is -0.616. The van der Waals surface area contributed by atoms with E-state index in [0.29, 0.717) is 0 Å². The molecule has 4 heteroatoms. The van der Waals surface area contributed by atoms with Gasteiger partial charge in [0.05, 0.1) is 12.6 Å². The molecule has 0 saturated carbocycles. The summed E-state index contributed by atoms with van der Waals surface area (Å²) in [6, 6.07) is 0. The average molecular weight is 151 g/mol. The van der Waals surface area contributed by atoms with Crippen LogP contribution in [0.5, 0.6) is 0 Å². The molecule has 1 saturated heterocycles. The third-order valence-electron chi connectivity index (χ3n) is 1.61. The van der Waals surface area contributed by atoms with Crippen molar-refractivity contribution < 1.29 is 13.9 Å². The highest BCUT2D eigenvalue weighted by Gasteiger charge is 2.31. The molecule has 1 aliphatic heterocycles. The molecule has 1 atom stereocenters. The van der Waals surface area contributed by atoms with Gasteiger partial charge in [0.1, 0.15) is 0 Å². The number of rotatable bonds is 0. The molecule has 0 aromatic heterocycles. The number of β-amino-alcohol motifs (C(OH)–C–C–N with tert-alkyl or cyclic N) is 1. The molecule has 60 valence electrons. The Morgan fingerprint density at radius 3 is 2.90 bits per heavy atom. The molecule has 0 aromatic carbocycles. The second kappa shape index (κ2) is 2.80. The van der Waals surface area contributed by atoms with Crippen LogP contribution in [0.1, 0.15) is 12.8 Å². The van der Waals surface area contributed by atoms with Crippen molar-refractivity contribution in [3.63, 3.8) is 0 Å². The number of nitrogens with one attached hydrogen (secondary N) is 1. The van der Waals surface area contributed by atoms with Crippen LogP contribution in [-0.4, -0.2) is 30.2 Å². The standard InChI is InChI=1S/C6H11F2NO/c7-6(8)2-1-5(10)3-9-4-6/h5,9-10H,1-4H2/t5-/m1/s1. The molecule has 0 spiro atoms. The molecule has 1 rings (SSSR count). The van der Waals surface area contributed by atoms with Crippen molar-refractivity contribution in [1.29, 1.82) is 0 Å². The van der Waals surface area contributed by atoms with Crippen molar-refractivity contribution in [1.82, 2.24) is 5.32 Å². The quantitative estimate of drug-likeness (QED) is 0.524. The lowest BCUT2D eigenvalue weighted by atomic mass is 10.1. The van der Waals surface area contributed by atoms with Crippen LogP contribution in [0.15, 0.2) is 0 Å². The highest BCUT2D eigenvalue weighted by atomic mass is 19.3. The molecule has 2 N–H and O–H groups in total. The first kappa shape index (κ1) is 7.88. The molecule has 0 radical (unpaired) electrons. The summed E-state index contributed by atoms with van der Waals surface area (Å²) in [7, 11) is 0. The summed E-state index contributed by atoms with van der Waals surface area (Å²) in [5.74, 6) is -2.63. The van der Waals surface area contributed by atoms with E-state index in [1.807, 2.05) is 0 Å². The van der Waals surface area contributed by atoms with E-state index in [-0.39, 0.29) is 25.9 Å². The molecule has 0 bridgehead atoms. The molecule has 0 aromatic rings. The monoisotopic (exact) mass is 151 g/mol. The molecule has 0 unspecified atom stereocenters. The molecule has 10 heavy (non-hydrogen) atoms. The van der Waals surface area contributed by atoms with Crippen molar-refractivity contribution >= 4 is 0 Å². The largest absolute Gasteiger partial charge is 0.392 e. The van der Waals surface area contributed by atoms with Gasteiger partial charge in [-0.1, -0.05) is 0 Å². The van der Waals surface area contributed by atoms with Crippen LogP contribution in [-0.2, 0) is 0 Å². The third-order valence-corrected chi connectivity index (χ3v) is 1.61. The SMILES string of the molecule is O[C@@H]1CCC(F)(F)CNC1. The molecule has 0 amide bonds. The summed E-state index contributed by atoms with van der Waals surface area (Å²) in [5, 5.41) is 11.4. The molecule has 1 fully saturated rings. The van der Waals surface area contributed by atoms with E-state index in [1.54, 1.807) is 0 Å². The number of alkyl halides is 2. The Morgan fingerprint density at radius 1 is 1.50 bits per heavy atom. The van der Waals surface area contributed by atoms with E-state index in [4.69, 9.17) is 5.11 Å². The van der Waals surface area contributed by atoms with Gasteiger partial charge in [0, 0.05) is 13.0 Å². The van der Waals surface area contributed by atoms with Crippen molar-refractivity contribution in [2.75, 3.05) is 13.1 Å². The zero-order valence-corrected chi connectivity index (χ0v) is 5.61. The fourth-order valence-electron chi connectivity index (χ4n) is 0.990. The minimum atomic E-state index is -2.63. The lowest BCUT2D eigenvalue weighted by Gasteiger charge is -2.11. The summed E-state index contributed by atoms with van der Waals surface area (Å²) >= 11 is 0. The summed E-state index contributed by atoms with van der Waals surface area (Å²) in [5.41, 5.74) is 0. The Labute approximate surface area is 58.2 Å². The number of halogens is 2. The summed E-state index contributed by atoms with van der Waals surface area (Å²) in [4.78, 5) is 0. The van der Waals surface area contributed by atoms with E-state index < -0.39 is 12.0 Å². The van der Waals surface area contributed by atoms with Gasteiger partial charge < -0.3 is 10.4 Å². The summed E-state index contributed by atoms with van der Waals surface area (Å²) in [6.45, 7) is -0.0142. The first-order chi connectivity index (χ1) is 4.60. The Kier molecular flexibility index (Phi) is 2.21. The number of hydrogen-bond donors (Lipinski definition) is 2. The third kappa shape index (κ3) is 2.19. The highest BCUT2D eigenvalue weighted by Crippen LogP contribution is 2.22. The van der Waals surface area contributed by atoms with Gasteiger partial charge in [0.2, 0.25) is 0 Å². The maximum absolute atomic E-state index is 12.5. The van der Waals surface area contributed by atoms with E-state index in [2.05, 4.69) is 5.32 Å². The van der Waals surface area contributed by atoms with Crippen LogP contribution < -0.4 is 5.32 Å². The average Bonchev–Trinajstić information content (AvgIpc) is 1.94. The zero-order valence-electron chi connectivity index (χ0n) is 5.61. The Bertz CT molecular complexity index is 118. The number of aliphatic hydroxyl groups is 1. The van der Waals surface area contributed by atoms with Gasteiger partial charge >= 0.3 is 0 Å². The minimum Gasteiger partial charge on any atom is -0.392 e. The second-order valence-corrected chi connectivity index (χ2v) is 2.68. The van der Waals surface area contributed by atoms with Crippen LogP contribution in [0.25, 0.3) is 0 Å². The van der Waals surface area contributed by atoms with Crippen molar-refractivity contribution in [3.8, 4) is 0 Å². The van der Waals surface area contributed by atoms with Crippen LogP contribution in [0.2, 0.25) is 0 Å². The Hall–Kier alpha value is -0.220. The van der Waals surface area contributed by atoms with E-state index in [9.17, 15) is 8.78 Å². The van der Waals surface area contributed by atoms with Crippen molar-refractivity contribution in [2.45, 2.75) is 24.9 Å². The van der Waals surface area contributed by atoms with Crippen molar-refractivity contribution in [2.24, 2.45) is 0 Å². The normalized spacial score (nSPS) is 33.3. The molecule has 2 nitrogen and oxygen atoms in total. The lowest BCUT2D eigenvalue weighted by Crippen LogP contribution is -2.31. The number of aliphatic hydroxyl groups excluding tert-OH is 1. The Morgan fingerprint density at radius 2 is 2.20 bits per heavy atom. The maximum atomic E-state index is 12.5. The van der Waals surface area contributed by atoms with Gasteiger partial charge in [0.15, 0.2) is 0 Å². The van der Waals surface area contributed by atoms with Crippen LogP contribution in [0, 0.1) is 0 Å². The zero-order chi connectivity index (χ0) is 7.61.